The SMILES string of the molecule is c1ccc(-c2nc[nH]c2C2CCNCC2)cc1. The fraction of sp³-hybridized carbons (Fsp3) is 0.357. The van der Waals surface area contributed by atoms with Crippen LogP contribution in [0, 0.1) is 0 Å². The Kier molecular flexibility index (Phi) is 2.92. The molecule has 1 aromatic heterocycles. The van der Waals surface area contributed by atoms with Gasteiger partial charge in [-0.25, -0.2) is 4.98 Å². The van der Waals surface area contributed by atoms with Gasteiger partial charge in [-0.1, -0.05) is 30.3 Å². The summed E-state index contributed by atoms with van der Waals surface area (Å²) in [7, 11) is 0. The van der Waals surface area contributed by atoms with Gasteiger partial charge in [0, 0.05) is 17.2 Å². The van der Waals surface area contributed by atoms with Crippen LogP contribution >= 0.6 is 0 Å². The van der Waals surface area contributed by atoms with Crippen molar-refractivity contribution in [3.63, 3.8) is 0 Å². The number of hydrogen-bond donors (Lipinski definition) is 2. The maximum Gasteiger partial charge on any atom is 0.0929 e. The number of aromatic nitrogens is 2. The normalized spacial score (nSPS) is 17.2. The summed E-state index contributed by atoms with van der Waals surface area (Å²) in [5, 5.41) is 3.40. The van der Waals surface area contributed by atoms with Crippen LogP contribution < -0.4 is 5.32 Å². The lowest BCUT2D eigenvalue weighted by Gasteiger charge is -2.22. The highest BCUT2D eigenvalue weighted by Gasteiger charge is 2.20. The molecule has 0 unspecified atom stereocenters. The van der Waals surface area contributed by atoms with Crippen LogP contribution in [0.2, 0.25) is 0 Å². The first-order chi connectivity index (χ1) is 8.45. The van der Waals surface area contributed by atoms with Gasteiger partial charge in [0.2, 0.25) is 0 Å². The van der Waals surface area contributed by atoms with Crippen LogP contribution in [0.3, 0.4) is 0 Å². The van der Waals surface area contributed by atoms with Crippen molar-refractivity contribution in [3.05, 3.63) is 42.4 Å². The number of nitrogens with zero attached hydrogens (tertiary/aromatic N) is 1. The molecular weight excluding hydrogens is 210 g/mol. The Morgan fingerprint density at radius 2 is 1.82 bits per heavy atom. The molecule has 0 saturated carbocycles. The van der Waals surface area contributed by atoms with Crippen molar-refractivity contribution in [2.24, 2.45) is 0 Å². The van der Waals surface area contributed by atoms with Gasteiger partial charge < -0.3 is 10.3 Å². The molecule has 1 aromatic carbocycles. The first-order valence-corrected chi connectivity index (χ1v) is 6.24. The first kappa shape index (κ1) is 10.5. The van der Waals surface area contributed by atoms with E-state index in [1.165, 1.54) is 24.1 Å². The average molecular weight is 227 g/mol. The number of rotatable bonds is 2. The van der Waals surface area contributed by atoms with E-state index in [4.69, 9.17) is 0 Å². The van der Waals surface area contributed by atoms with E-state index in [-0.39, 0.29) is 0 Å². The summed E-state index contributed by atoms with van der Waals surface area (Å²) in [5.41, 5.74) is 3.64. The fourth-order valence-corrected chi connectivity index (χ4v) is 2.55. The second-order valence-electron chi connectivity index (χ2n) is 4.56. The minimum atomic E-state index is 0.619. The molecule has 17 heavy (non-hydrogen) atoms. The van der Waals surface area contributed by atoms with Gasteiger partial charge in [-0.3, -0.25) is 0 Å². The quantitative estimate of drug-likeness (QED) is 0.827. The summed E-state index contributed by atoms with van der Waals surface area (Å²) in [4.78, 5) is 7.82. The lowest BCUT2D eigenvalue weighted by Crippen LogP contribution is -2.27. The molecule has 2 aromatic rings. The standard InChI is InChI=1S/C14H17N3/c1-2-4-11(5-3-1)13-14(17-10-16-13)12-6-8-15-9-7-12/h1-5,10,12,15H,6-9H2,(H,16,17). The Hall–Kier alpha value is -1.61. The highest BCUT2D eigenvalue weighted by Crippen LogP contribution is 2.31. The lowest BCUT2D eigenvalue weighted by atomic mass is 9.92. The molecule has 2 N–H and O–H groups in total. The van der Waals surface area contributed by atoms with Crippen molar-refractivity contribution in [2.45, 2.75) is 18.8 Å². The highest BCUT2D eigenvalue weighted by molar-refractivity contribution is 5.62. The minimum Gasteiger partial charge on any atom is -0.348 e. The van der Waals surface area contributed by atoms with Gasteiger partial charge in [-0.05, 0) is 25.9 Å². The van der Waals surface area contributed by atoms with Gasteiger partial charge in [0.1, 0.15) is 0 Å². The molecule has 1 fully saturated rings. The van der Waals surface area contributed by atoms with Gasteiger partial charge in [-0.2, -0.15) is 0 Å². The summed E-state index contributed by atoms with van der Waals surface area (Å²) in [6.07, 6.45) is 4.21. The van der Waals surface area contributed by atoms with Crippen LogP contribution in [0.4, 0.5) is 0 Å². The van der Waals surface area contributed by atoms with Crippen molar-refractivity contribution in [3.8, 4) is 11.3 Å². The van der Waals surface area contributed by atoms with Gasteiger partial charge in [0.05, 0.1) is 12.0 Å². The summed E-state index contributed by atoms with van der Waals surface area (Å²) in [6.45, 7) is 2.22. The van der Waals surface area contributed by atoms with Crippen molar-refractivity contribution in [2.75, 3.05) is 13.1 Å². The minimum absolute atomic E-state index is 0.619. The van der Waals surface area contributed by atoms with E-state index in [1.807, 2.05) is 12.4 Å². The van der Waals surface area contributed by atoms with Crippen molar-refractivity contribution in [1.29, 1.82) is 0 Å². The summed E-state index contributed by atoms with van der Waals surface area (Å²) >= 11 is 0. The smallest absolute Gasteiger partial charge is 0.0929 e. The third-order valence-electron chi connectivity index (χ3n) is 3.46. The molecule has 1 saturated heterocycles. The zero-order chi connectivity index (χ0) is 11.5. The summed E-state index contributed by atoms with van der Waals surface area (Å²) < 4.78 is 0. The number of piperidine rings is 1. The molecule has 0 spiro atoms. The molecule has 0 atom stereocenters. The van der Waals surface area contributed by atoms with Gasteiger partial charge in [0.25, 0.3) is 0 Å². The maximum atomic E-state index is 4.49. The van der Waals surface area contributed by atoms with Crippen LogP contribution in [0.1, 0.15) is 24.5 Å². The van der Waals surface area contributed by atoms with Gasteiger partial charge in [-0.15, -0.1) is 0 Å². The predicted molar refractivity (Wildman–Crippen MR) is 68.9 cm³/mol. The molecule has 0 aliphatic carbocycles. The second kappa shape index (κ2) is 4.72. The molecule has 0 bridgehead atoms. The Labute approximate surface area is 101 Å². The molecule has 0 amide bonds. The Morgan fingerprint density at radius 3 is 2.59 bits per heavy atom. The van der Waals surface area contributed by atoms with Crippen LogP contribution in [0.5, 0.6) is 0 Å². The molecule has 1 aliphatic heterocycles. The number of imidazole rings is 1. The first-order valence-electron chi connectivity index (χ1n) is 6.24. The van der Waals surface area contributed by atoms with Gasteiger partial charge >= 0.3 is 0 Å². The molecule has 1 aliphatic rings. The van der Waals surface area contributed by atoms with E-state index >= 15 is 0 Å². The molecule has 3 nitrogen and oxygen atoms in total. The largest absolute Gasteiger partial charge is 0.348 e. The number of aromatic amines is 1. The average Bonchev–Trinajstić information content (AvgIpc) is 2.90. The second-order valence-corrected chi connectivity index (χ2v) is 4.56. The van der Waals surface area contributed by atoms with E-state index in [0.717, 1.165) is 18.8 Å². The third kappa shape index (κ3) is 2.11. The van der Waals surface area contributed by atoms with E-state index in [1.54, 1.807) is 0 Å². The topological polar surface area (TPSA) is 40.7 Å². The van der Waals surface area contributed by atoms with Gasteiger partial charge in [0.15, 0.2) is 0 Å². The highest BCUT2D eigenvalue weighted by atomic mass is 14.9. The van der Waals surface area contributed by atoms with E-state index in [2.05, 4.69) is 39.6 Å². The zero-order valence-electron chi connectivity index (χ0n) is 9.82. The van der Waals surface area contributed by atoms with Crippen molar-refractivity contribution >= 4 is 0 Å². The number of hydrogen-bond acceptors (Lipinski definition) is 2. The molecule has 88 valence electrons. The Bertz CT molecular complexity index is 469. The lowest BCUT2D eigenvalue weighted by molar-refractivity contribution is 0.455. The van der Waals surface area contributed by atoms with E-state index < -0.39 is 0 Å². The Balaban J connectivity index is 1.93. The van der Waals surface area contributed by atoms with Crippen molar-refractivity contribution < 1.29 is 0 Å². The van der Waals surface area contributed by atoms with Crippen LogP contribution in [-0.4, -0.2) is 23.1 Å². The van der Waals surface area contributed by atoms with Crippen LogP contribution in [-0.2, 0) is 0 Å². The Morgan fingerprint density at radius 1 is 1.06 bits per heavy atom. The maximum absolute atomic E-state index is 4.49. The molecule has 3 heteroatoms. The van der Waals surface area contributed by atoms with Crippen LogP contribution in [0.25, 0.3) is 11.3 Å². The van der Waals surface area contributed by atoms with E-state index in [9.17, 15) is 0 Å². The van der Waals surface area contributed by atoms with E-state index in [0.29, 0.717) is 5.92 Å². The fourth-order valence-electron chi connectivity index (χ4n) is 2.55. The molecule has 0 radical (unpaired) electrons. The molecular formula is C14H17N3. The molecule has 3 rings (SSSR count). The number of H-pyrrole nitrogens is 1. The monoisotopic (exact) mass is 227 g/mol. The number of nitrogens with one attached hydrogen (secondary N) is 2. The zero-order valence-corrected chi connectivity index (χ0v) is 9.82. The third-order valence-corrected chi connectivity index (χ3v) is 3.46. The predicted octanol–water partition coefficient (Wildman–Crippen LogP) is 2.54. The van der Waals surface area contributed by atoms with Crippen molar-refractivity contribution in [1.82, 2.24) is 15.3 Å². The number of benzene rings is 1. The summed E-state index contributed by atoms with van der Waals surface area (Å²) in [5.74, 6) is 0.619. The van der Waals surface area contributed by atoms with Crippen LogP contribution in [0.15, 0.2) is 36.7 Å². The summed E-state index contributed by atoms with van der Waals surface area (Å²) in [6, 6.07) is 10.4. The molecule has 2 heterocycles.